The summed E-state index contributed by atoms with van der Waals surface area (Å²) in [5, 5.41) is 2.32. The first-order chi connectivity index (χ1) is 24.0. The van der Waals surface area contributed by atoms with Crippen LogP contribution in [-0.2, 0) is 0 Å². The molecule has 4 heterocycles. The number of rotatable bonds is 8. The van der Waals surface area contributed by atoms with Crippen molar-refractivity contribution in [3.63, 3.8) is 0 Å². The number of para-hydroxylation sites is 4. The summed E-state index contributed by atoms with van der Waals surface area (Å²) >= 11 is 0. The lowest BCUT2D eigenvalue weighted by molar-refractivity contribution is 0.446. The van der Waals surface area contributed by atoms with E-state index in [4.69, 9.17) is 14.7 Å². The van der Waals surface area contributed by atoms with Crippen molar-refractivity contribution in [2.24, 2.45) is 0 Å². The second-order valence-electron chi connectivity index (χ2n) is 13.1. The van der Waals surface area contributed by atoms with E-state index in [0.29, 0.717) is 23.6 Å². The molecule has 0 N–H and O–H groups in total. The molecule has 0 radical (unpaired) electrons. The number of fused-ring (bicyclic) bond motifs is 2. The van der Waals surface area contributed by atoms with E-state index in [-0.39, 0.29) is 0 Å². The number of hydrogen-bond acceptors (Lipinski definition) is 3. The van der Waals surface area contributed by atoms with Gasteiger partial charge in [-0.05, 0) is 71.5 Å². The monoisotopic (exact) mass is 638 g/mol. The van der Waals surface area contributed by atoms with Gasteiger partial charge >= 0.3 is 0 Å². The van der Waals surface area contributed by atoms with Crippen molar-refractivity contribution in [1.82, 2.24) is 19.1 Å². The van der Waals surface area contributed by atoms with Gasteiger partial charge in [0, 0.05) is 34.3 Å². The minimum Gasteiger partial charge on any atom is -0.421 e. The number of hydrogen-bond donors (Lipinski definition) is 0. The van der Waals surface area contributed by atoms with Gasteiger partial charge in [0.25, 0.3) is 0 Å². The van der Waals surface area contributed by atoms with E-state index < -0.39 is 0 Å². The van der Waals surface area contributed by atoms with Gasteiger partial charge in [-0.3, -0.25) is 0 Å². The average molecular weight is 639 g/mol. The summed E-state index contributed by atoms with van der Waals surface area (Å²) in [6, 6.07) is 50.5. The van der Waals surface area contributed by atoms with Crippen LogP contribution in [0.1, 0.15) is 50.7 Å². The molecule has 0 aliphatic heterocycles. The zero-order valence-electron chi connectivity index (χ0n) is 28.2. The Kier molecular flexibility index (Phi) is 7.81. The molecule has 0 atom stereocenters. The van der Waals surface area contributed by atoms with Gasteiger partial charge in [-0.25, -0.2) is 9.97 Å². The highest BCUT2D eigenvalue weighted by Gasteiger charge is 2.19. The molecule has 0 spiro atoms. The van der Waals surface area contributed by atoms with Crippen LogP contribution in [0.4, 0.5) is 0 Å². The molecule has 0 saturated carbocycles. The Labute approximate surface area is 287 Å². The molecule has 5 heteroatoms. The fourth-order valence-electron chi connectivity index (χ4n) is 6.90. The van der Waals surface area contributed by atoms with Gasteiger partial charge in [-0.15, -0.1) is 0 Å². The van der Waals surface area contributed by atoms with E-state index >= 15 is 0 Å². The average Bonchev–Trinajstić information content (AvgIpc) is 3.71. The summed E-state index contributed by atoms with van der Waals surface area (Å²) in [6.07, 6.45) is 0. The molecular formula is C44H38N4O. The minimum atomic E-state index is 0.365. The lowest BCUT2D eigenvalue weighted by atomic mass is 10.0. The molecule has 0 amide bonds. The van der Waals surface area contributed by atoms with E-state index in [9.17, 15) is 0 Å². The largest absolute Gasteiger partial charge is 0.421 e. The summed E-state index contributed by atoms with van der Waals surface area (Å²) in [7, 11) is 0. The van der Waals surface area contributed by atoms with Crippen LogP contribution in [0.25, 0.3) is 56.0 Å². The molecule has 0 bridgehead atoms. The van der Waals surface area contributed by atoms with Gasteiger partial charge in [0.15, 0.2) is 0 Å². The molecular weight excluding hydrogens is 601 g/mol. The fraction of sp³-hybridized carbons (Fsp3) is 0.136. The number of pyridine rings is 2. The van der Waals surface area contributed by atoms with Crippen LogP contribution in [-0.4, -0.2) is 19.1 Å². The molecule has 0 fully saturated rings. The molecule has 0 aliphatic rings. The Morgan fingerprint density at radius 1 is 0.449 bits per heavy atom. The van der Waals surface area contributed by atoms with Gasteiger partial charge in [0.1, 0.15) is 0 Å². The zero-order chi connectivity index (χ0) is 33.5. The Hall–Kier alpha value is -5.94. The van der Waals surface area contributed by atoms with Crippen LogP contribution < -0.4 is 4.74 Å². The predicted molar refractivity (Wildman–Crippen MR) is 201 cm³/mol. The summed E-state index contributed by atoms with van der Waals surface area (Å²) in [5.74, 6) is 1.70. The number of benzene rings is 4. The smallest absolute Gasteiger partial charge is 0.221 e. The molecule has 8 rings (SSSR count). The Bertz CT molecular complexity index is 2280. The lowest BCUT2D eigenvalue weighted by Gasteiger charge is -2.18. The molecule has 0 saturated heterocycles. The van der Waals surface area contributed by atoms with E-state index in [1.165, 1.54) is 11.1 Å². The van der Waals surface area contributed by atoms with Gasteiger partial charge in [0.2, 0.25) is 11.8 Å². The van der Waals surface area contributed by atoms with Crippen LogP contribution in [0.2, 0.25) is 0 Å². The molecule has 240 valence electrons. The van der Waals surface area contributed by atoms with Crippen molar-refractivity contribution >= 4 is 21.8 Å². The second kappa shape index (κ2) is 12.6. The van der Waals surface area contributed by atoms with Crippen LogP contribution >= 0.6 is 0 Å². The van der Waals surface area contributed by atoms with Crippen LogP contribution in [0, 0.1) is 0 Å². The summed E-state index contributed by atoms with van der Waals surface area (Å²) in [4.78, 5) is 10.1. The number of ether oxygens (including phenoxy) is 1. The molecule has 0 aliphatic carbocycles. The van der Waals surface area contributed by atoms with Crippen molar-refractivity contribution in [3.8, 4) is 45.9 Å². The summed E-state index contributed by atoms with van der Waals surface area (Å²) in [5.41, 5.74) is 10.8. The van der Waals surface area contributed by atoms with Crippen LogP contribution in [0.15, 0.2) is 146 Å². The van der Waals surface area contributed by atoms with Crippen LogP contribution in [0.3, 0.4) is 0 Å². The third-order valence-electron chi connectivity index (χ3n) is 9.20. The van der Waals surface area contributed by atoms with E-state index in [0.717, 1.165) is 56.0 Å². The topological polar surface area (TPSA) is 44.9 Å². The minimum absolute atomic E-state index is 0.365. The predicted octanol–water partition coefficient (Wildman–Crippen LogP) is 11.7. The van der Waals surface area contributed by atoms with Crippen molar-refractivity contribution in [1.29, 1.82) is 0 Å². The van der Waals surface area contributed by atoms with Crippen LogP contribution in [0.5, 0.6) is 11.8 Å². The van der Waals surface area contributed by atoms with Crippen molar-refractivity contribution < 1.29 is 4.74 Å². The first-order valence-corrected chi connectivity index (χ1v) is 17.0. The van der Waals surface area contributed by atoms with Gasteiger partial charge in [0.05, 0.1) is 33.8 Å². The summed E-state index contributed by atoms with van der Waals surface area (Å²) < 4.78 is 11.1. The standard InChI is InChI=1S/C44H38N4O/c1-29(2)33-17-7-11-23-39(33)47-37-21-9-5-15-31(37)27-41(47)35-19-13-25-43(45-35)49-44-26-14-20-36(46-44)42-28-32-16-6-10-22-38(32)48(42)40-24-12-8-18-34(40)30(3)4/h5-30H,1-4H3. The van der Waals surface area contributed by atoms with Crippen molar-refractivity contribution in [3.05, 3.63) is 157 Å². The number of nitrogens with zero attached hydrogens (tertiary/aromatic N) is 4. The number of aromatic nitrogens is 4. The van der Waals surface area contributed by atoms with E-state index in [1.54, 1.807) is 0 Å². The zero-order valence-corrected chi connectivity index (χ0v) is 28.2. The first kappa shape index (κ1) is 30.4. The lowest BCUT2D eigenvalue weighted by Crippen LogP contribution is -2.04. The maximum Gasteiger partial charge on any atom is 0.221 e. The van der Waals surface area contributed by atoms with E-state index in [1.807, 2.05) is 36.4 Å². The Morgan fingerprint density at radius 3 is 1.31 bits per heavy atom. The van der Waals surface area contributed by atoms with E-state index in [2.05, 4.69) is 146 Å². The highest BCUT2D eigenvalue weighted by atomic mass is 16.5. The third-order valence-corrected chi connectivity index (χ3v) is 9.20. The highest BCUT2D eigenvalue weighted by Crippen LogP contribution is 2.37. The van der Waals surface area contributed by atoms with Gasteiger partial charge in [-0.1, -0.05) is 113 Å². The maximum absolute atomic E-state index is 6.43. The summed E-state index contributed by atoms with van der Waals surface area (Å²) in [6.45, 7) is 8.95. The molecule has 0 unspecified atom stereocenters. The Balaban J connectivity index is 1.20. The van der Waals surface area contributed by atoms with Gasteiger partial charge in [-0.2, -0.15) is 0 Å². The molecule has 49 heavy (non-hydrogen) atoms. The SMILES string of the molecule is CC(C)c1ccccc1-n1c(-c2cccc(Oc3cccc(-c4cc5ccccc5n4-c4ccccc4C(C)C)n3)n2)cc2ccccc21. The van der Waals surface area contributed by atoms with Crippen molar-refractivity contribution in [2.75, 3.05) is 0 Å². The normalized spacial score (nSPS) is 11.6. The molecule has 5 nitrogen and oxygen atoms in total. The second-order valence-corrected chi connectivity index (χ2v) is 13.1. The quantitative estimate of drug-likeness (QED) is 0.166. The molecule has 4 aromatic carbocycles. The highest BCUT2D eigenvalue weighted by molar-refractivity contribution is 5.90. The molecule has 8 aromatic rings. The molecule has 4 aromatic heterocycles. The first-order valence-electron chi connectivity index (χ1n) is 17.0. The van der Waals surface area contributed by atoms with Crippen molar-refractivity contribution in [2.45, 2.75) is 39.5 Å². The maximum atomic E-state index is 6.43. The Morgan fingerprint density at radius 2 is 0.857 bits per heavy atom. The van der Waals surface area contributed by atoms with Gasteiger partial charge < -0.3 is 13.9 Å². The fourth-order valence-corrected chi connectivity index (χ4v) is 6.90. The third kappa shape index (κ3) is 5.57.